The SMILES string of the molecule is O=c1[nH]cc(-c2ccn3nccc3c2)c2cc([N+](=O)[O-])ccc12. The molecule has 0 amide bonds. The van der Waals surface area contributed by atoms with Crippen LogP contribution in [0.4, 0.5) is 5.69 Å². The second-order valence-corrected chi connectivity index (χ2v) is 5.13. The molecule has 0 aliphatic heterocycles. The summed E-state index contributed by atoms with van der Waals surface area (Å²) in [5.41, 5.74) is 2.15. The Hall–Kier alpha value is -3.48. The van der Waals surface area contributed by atoms with Gasteiger partial charge in [-0.05, 0) is 29.8 Å². The molecule has 3 aromatic heterocycles. The second kappa shape index (κ2) is 4.77. The summed E-state index contributed by atoms with van der Waals surface area (Å²) in [6, 6.07) is 9.87. The summed E-state index contributed by atoms with van der Waals surface area (Å²) in [7, 11) is 0. The van der Waals surface area contributed by atoms with Crippen LogP contribution >= 0.6 is 0 Å². The largest absolute Gasteiger partial charge is 0.328 e. The molecule has 0 saturated heterocycles. The number of H-pyrrole nitrogens is 1. The van der Waals surface area contributed by atoms with Gasteiger partial charge in [-0.25, -0.2) is 4.52 Å². The quantitative estimate of drug-likeness (QED) is 0.455. The average Bonchev–Trinajstić information content (AvgIpc) is 3.02. The Bertz CT molecular complexity index is 1130. The van der Waals surface area contributed by atoms with Crippen LogP contribution in [0.25, 0.3) is 27.4 Å². The first-order valence-electron chi connectivity index (χ1n) is 6.87. The Morgan fingerprint density at radius 1 is 1.13 bits per heavy atom. The number of rotatable bonds is 2. The van der Waals surface area contributed by atoms with Gasteiger partial charge in [-0.15, -0.1) is 0 Å². The number of non-ortho nitro benzene ring substituents is 1. The summed E-state index contributed by atoms with van der Waals surface area (Å²) >= 11 is 0. The number of nitro benzene ring substituents is 1. The lowest BCUT2D eigenvalue weighted by atomic mass is 10.0. The predicted molar refractivity (Wildman–Crippen MR) is 85.4 cm³/mol. The Morgan fingerprint density at radius 2 is 2.00 bits per heavy atom. The van der Waals surface area contributed by atoms with Crippen molar-refractivity contribution in [2.75, 3.05) is 0 Å². The van der Waals surface area contributed by atoms with E-state index in [0.29, 0.717) is 10.8 Å². The normalized spacial score (nSPS) is 11.1. The zero-order chi connectivity index (χ0) is 16.0. The molecule has 1 N–H and O–H groups in total. The molecule has 7 heteroatoms. The lowest BCUT2D eigenvalue weighted by Crippen LogP contribution is -2.06. The number of nitrogens with one attached hydrogen (secondary N) is 1. The van der Waals surface area contributed by atoms with Crippen LogP contribution in [-0.2, 0) is 0 Å². The first kappa shape index (κ1) is 13.2. The Balaban J connectivity index is 2.05. The van der Waals surface area contributed by atoms with Crippen molar-refractivity contribution in [3.63, 3.8) is 0 Å². The molecule has 0 aliphatic rings. The third kappa shape index (κ3) is 2.06. The molecular weight excluding hydrogens is 296 g/mol. The van der Waals surface area contributed by atoms with Crippen LogP contribution in [0.15, 0.2) is 59.8 Å². The maximum atomic E-state index is 12.0. The van der Waals surface area contributed by atoms with E-state index in [-0.39, 0.29) is 11.2 Å². The number of pyridine rings is 2. The highest BCUT2D eigenvalue weighted by Crippen LogP contribution is 2.29. The van der Waals surface area contributed by atoms with Gasteiger partial charge in [0, 0.05) is 47.1 Å². The molecule has 3 heterocycles. The van der Waals surface area contributed by atoms with E-state index in [1.54, 1.807) is 23.1 Å². The van der Waals surface area contributed by atoms with Crippen molar-refractivity contribution < 1.29 is 4.92 Å². The highest BCUT2D eigenvalue weighted by Gasteiger charge is 2.13. The molecule has 4 rings (SSSR count). The van der Waals surface area contributed by atoms with Crippen molar-refractivity contribution in [3.8, 4) is 11.1 Å². The highest BCUT2D eigenvalue weighted by atomic mass is 16.6. The number of aromatic nitrogens is 3. The lowest BCUT2D eigenvalue weighted by Gasteiger charge is -2.07. The first-order valence-corrected chi connectivity index (χ1v) is 6.87. The monoisotopic (exact) mass is 306 g/mol. The van der Waals surface area contributed by atoms with Gasteiger partial charge in [-0.1, -0.05) is 0 Å². The van der Waals surface area contributed by atoms with Crippen molar-refractivity contribution >= 4 is 22.0 Å². The summed E-state index contributed by atoms with van der Waals surface area (Å²) < 4.78 is 1.72. The summed E-state index contributed by atoms with van der Waals surface area (Å²) in [6.45, 7) is 0. The van der Waals surface area contributed by atoms with E-state index in [9.17, 15) is 14.9 Å². The zero-order valence-electron chi connectivity index (χ0n) is 11.8. The van der Waals surface area contributed by atoms with Gasteiger partial charge in [-0.2, -0.15) is 5.10 Å². The molecule has 0 bridgehead atoms. The summed E-state index contributed by atoms with van der Waals surface area (Å²) in [4.78, 5) is 25.2. The molecule has 0 spiro atoms. The van der Waals surface area contributed by atoms with Crippen LogP contribution in [-0.4, -0.2) is 19.5 Å². The topological polar surface area (TPSA) is 93.3 Å². The zero-order valence-corrected chi connectivity index (χ0v) is 11.8. The van der Waals surface area contributed by atoms with E-state index in [4.69, 9.17) is 0 Å². The van der Waals surface area contributed by atoms with Gasteiger partial charge in [0.05, 0.1) is 10.4 Å². The van der Waals surface area contributed by atoms with Crippen LogP contribution in [0.5, 0.6) is 0 Å². The third-order valence-electron chi connectivity index (χ3n) is 3.81. The van der Waals surface area contributed by atoms with Crippen LogP contribution in [0.1, 0.15) is 0 Å². The van der Waals surface area contributed by atoms with Gasteiger partial charge in [0.15, 0.2) is 0 Å². The standard InChI is InChI=1S/C16H10N4O3/c21-16-13-2-1-12(20(22)23)8-14(13)15(9-17-16)10-4-6-19-11(7-10)3-5-18-19/h1-9H,(H,17,21). The second-order valence-electron chi connectivity index (χ2n) is 5.13. The third-order valence-corrected chi connectivity index (χ3v) is 3.81. The molecule has 7 nitrogen and oxygen atoms in total. The lowest BCUT2D eigenvalue weighted by molar-refractivity contribution is -0.384. The summed E-state index contributed by atoms with van der Waals surface area (Å²) in [6.07, 6.45) is 5.07. The fourth-order valence-corrected chi connectivity index (χ4v) is 2.69. The van der Waals surface area contributed by atoms with Crippen molar-refractivity contribution in [1.82, 2.24) is 14.6 Å². The van der Waals surface area contributed by atoms with E-state index in [1.807, 2.05) is 18.2 Å². The van der Waals surface area contributed by atoms with Gasteiger partial charge in [0.25, 0.3) is 11.2 Å². The number of hydrogen-bond acceptors (Lipinski definition) is 4. The van der Waals surface area contributed by atoms with Crippen molar-refractivity contribution in [1.29, 1.82) is 0 Å². The van der Waals surface area contributed by atoms with E-state index in [1.165, 1.54) is 18.2 Å². The van der Waals surface area contributed by atoms with Gasteiger partial charge in [0.2, 0.25) is 0 Å². The predicted octanol–water partition coefficient (Wildman–Crippen LogP) is 2.75. The smallest absolute Gasteiger partial charge is 0.270 e. The number of hydrogen-bond donors (Lipinski definition) is 1. The fourth-order valence-electron chi connectivity index (χ4n) is 2.69. The van der Waals surface area contributed by atoms with E-state index < -0.39 is 4.92 Å². The van der Waals surface area contributed by atoms with Crippen LogP contribution in [0, 0.1) is 10.1 Å². The Labute approximate surface area is 129 Å². The number of fused-ring (bicyclic) bond motifs is 2. The minimum absolute atomic E-state index is 0.0465. The molecule has 4 aromatic rings. The molecule has 0 unspecified atom stereocenters. The van der Waals surface area contributed by atoms with Crippen LogP contribution < -0.4 is 5.56 Å². The molecule has 0 radical (unpaired) electrons. The Kier molecular flexibility index (Phi) is 2.74. The summed E-state index contributed by atoms with van der Waals surface area (Å²) in [5.74, 6) is 0. The Morgan fingerprint density at radius 3 is 2.83 bits per heavy atom. The molecule has 0 atom stereocenters. The molecule has 23 heavy (non-hydrogen) atoms. The van der Waals surface area contributed by atoms with Gasteiger partial charge < -0.3 is 4.98 Å². The number of nitro groups is 1. The summed E-state index contributed by atoms with van der Waals surface area (Å²) in [5, 5.41) is 16.1. The van der Waals surface area contributed by atoms with Gasteiger partial charge in [-0.3, -0.25) is 14.9 Å². The van der Waals surface area contributed by atoms with Gasteiger partial charge >= 0.3 is 0 Å². The molecule has 0 saturated carbocycles. The minimum atomic E-state index is -0.468. The number of benzene rings is 1. The molecular formula is C16H10N4O3. The average molecular weight is 306 g/mol. The van der Waals surface area contributed by atoms with E-state index in [0.717, 1.165) is 16.6 Å². The highest BCUT2D eigenvalue weighted by molar-refractivity contribution is 5.97. The number of aromatic amines is 1. The fraction of sp³-hybridized carbons (Fsp3) is 0. The van der Waals surface area contributed by atoms with Crippen molar-refractivity contribution in [3.05, 3.63) is 75.5 Å². The minimum Gasteiger partial charge on any atom is -0.328 e. The van der Waals surface area contributed by atoms with Crippen LogP contribution in [0.2, 0.25) is 0 Å². The molecule has 1 aromatic carbocycles. The van der Waals surface area contributed by atoms with Crippen molar-refractivity contribution in [2.24, 2.45) is 0 Å². The first-order chi connectivity index (χ1) is 11.1. The van der Waals surface area contributed by atoms with Crippen molar-refractivity contribution in [2.45, 2.75) is 0 Å². The van der Waals surface area contributed by atoms with E-state index in [2.05, 4.69) is 10.1 Å². The van der Waals surface area contributed by atoms with E-state index >= 15 is 0 Å². The molecule has 0 aliphatic carbocycles. The molecule has 0 fully saturated rings. The molecule has 112 valence electrons. The maximum Gasteiger partial charge on any atom is 0.270 e. The maximum absolute atomic E-state index is 12.0. The van der Waals surface area contributed by atoms with Crippen LogP contribution in [0.3, 0.4) is 0 Å². The number of nitrogens with zero attached hydrogens (tertiary/aromatic N) is 3. The van der Waals surface area contributed by atoms with Gasteiger partial charge in [0.1, 0.15) is 0 Å².